The molecule has 1 heterocycles. The Morgan fingerprint density at radius 2 is 2.06 bits per heavy atom. The highest BCUT2D eigenvalue weighted by atomic mass is 79.9. The van der Waals surface area contributed by atoms with Gasteiger partial charge in [0.1, 0.15) is 0 Å². The van der Waals surface area contributed by atoms with E-state index in [-0.39, 0.29) is 0 Å². The maximum absolute atomic E-state index is 4.19. The van der Waals surface area contributed by atoms with Crippen LogP contribution in [0.5, 0.6) is 0 Å². The number of hydrogen-bond acceptors (Lipinski definition) is 2. The van der Waals surface area contributed by atoms with Gasteiger partial charge in [0.15, 0.2) is 0 Å². The fourth-order valence-electron chi connectivity index (χ4n) is 1.84. The van der Waals surface area contributed by atoms with E-state index in [2.05, 4.69) is 50.5 Å². The Labute approximate surface area is 110 Å². The van der Waals surface area contributed by atoms with Gasteiger partial charge in [-0.25, -0.2) is 0 Å². The van der Waals surface area contributed by atoms with E-state index >= 15 is 0 Å². The third kappa shape index (κ3) is 2.69. The minimum atomic E-state index is 0.802. The van der Waals surface area contributed by atoms with Crippen molar-refractivity contribution in [2.24, 2.45) is 0 Å². The Morgan fingerprint density at radius 1 is 1.29 bits per heavy atom. The summed E-state index contributed by atoms with van der Waals surface area (Å²) in [7, 11) is 0. The molecule has 0 saturated heterocycles. The van der Waals surface area contributed by atoms with Gasteiger partial charge >= 0.3 is 0 Å². The van der Waals surface area contributed by atoms with E-state index in [1.807, 2.05) is 19.9 Å². The quantitative estimate of drug-likeness (QED) is 0.906. The zero-order valence-electron chi connectivity index (χ0n) is 10.3. The first kappa shape index (κ1) is 12.2. The van der Waals surface area contributed by atoms with Crippen molar-refractivity contribution in [3.8, 4) is 0 Å². The predicted molar refractivity (Wildman–Crippen MR) is 74.3 cm³/mol. The number of halogens is 1. The minimum absolute atomic E-state index is 0.802. The lowest BCUT2D eigenvalue weighted by Crippen LogP contribution is -2.02. The van der Waals surface area contributed by atoms with Crippen LogP contribution in [-0.4, -0.2) is 10.2 Å². The molecule has 0 aliphatic heterocycles. The molecule has 2 rings (SSSR count). The molecule has 0 saturated carbocycles. The zero-order valence-corrected chi connectivity index (χ0v) is 11.9. The van der Waals surface area contributed by atoms with Gasteiger partial charge in [-0.15, -0.1) is 0 Å². The highest BCUT2D eigenvalue weighted by Gasteiger charge is 2.06. The standard InChI is InChI=1S/C13H16BrN3/c1-8-6-11(14)4-5-13(8)15-7-12-9(2)16-17-10(12)3/h4-6,15H,7H2,1-3H3,(H,16,17). The van der Waals surface area contributed by atoms with Gasteiger partial charge in [-0.05, 0) is 44.5 Å². The van der Waals surface area contributed by atoms with Gasteiger partial charge < -0.3 is 5.32 Å². The molecule has 1 aromatic carbocycles. The van der Waals surface area contributed by atoms with Crippen molar-refractivity contribution in [2.75, 3.05) is 5.32 Å². The molecule has 0 spiro atoms. The number of anilines is 1. The highest BCUT2D eigenvalue weighted by molar-refractivity contribution is 9.10. The number of benzene rings is 1. The molecule has 2 aromatic rings. The summed E-state index contributed by atoms with van der Waals surface area (Å²) < 4.78 is 1.11. The van der Waals surface area contributed by atoms with E-state index < -0.39 is 0 Å². The molecule has 0 fully saturated rings. The molecule has 1 aromatic heterocycles. The average molecular weight is 294 g/mol. The van der Waals surface area contributed by atoms with Gasteiger partial charge in [0, 0.05) is 28.0 Å². The van der Waals surface area contributed by atoms with Crippen LogP contribution in [0.1, 0.15) is 22.5 Å². The van der Waals surface area contributed by atoms with Crippen LogP contribution in [0, 0.1) is 20.8 Å². The van der Waals surface area contributed by atoms with Crippen LogP contribution < -0.4 is 5.32 Å². The van der Waals surface area contributed by atoms with Crippen LogP contribution in [-0.2, 0) is 6.54 Å². The SMILES string of the molecule is Cc1cc(Br)ccc1NCc1c(C)n[nH]c1C. The highest BCUT2D eigenvalue weighted by Crippen LogP contribution is 2.21. The summed E-state index contributed by atoms with van der Waals surface area (Å²) in [6.45, 7) is 6.97. The summed E-state index contributed by atoms with van der Waals surface area (Å²) in [6, 6.07) is 6.24. The van der Waals surface area contributed by atoms with E-state index in [0.717, 1.165) is 28.1 Å². The first-order valence-corrected chi connectivity index (χ1v) is 6.37. The van der Waals surface area contributed by atoms with Gasteiger partial charge in [-0.2, -0.15) is 5.10 Å². The summed E-state index contributed by atoms with van der Waals surface area (Å²) >= 11 is 3.47. The van der Waals surface area contributed by atoms with Crippen molar-refractivity contribution in [3.63, 3.8) is 0 Å². The molecule has 3 nitrogen and oxygen atoms in total. The average Bonchev–Trinajstić information content (AvgIpc) is 2.58. The number of nitrogens with zero attached hydrogens (tertiary/aromatic N) is 1. The summed E-state index contributed by atoms with van der Waals surface area (Å²) in [5, 5.41) is 10.6. The number of nitrogens with one attached hydrogen (secondary N) is 2. The Kier molecular flexibility index (Phi) is 3.52. The molecule has 0 aliphatic carbocycles. The Bertz CT molecular complexity index is 512. The second-order valence-electron chi connectivity index (χ2n) is 4.23. The monoisotopic (exact) mass is 293 g/mol. The molecular formula is C13H16BrN3. The first-order valence-electron chi connectivity index (χ1n) is 5.58. The lowest BCUT2D eigenvalue weighted by atomic mass is 10.1. The zero-order chi connectivity index (χ0) is 12.4. The summed E-state index contributed by atoms with van der Waals surface area (Å²) in [5.41, 5.74) is 5.83. The van der Waals surface area contributed by atoms with Gasteiger partial charge in [0.2, 0.25) is 0 Å². The van der Waals surface area contributed by atoms with Crippen LogP contribution in [0.15, 0.2) is 22.7 Å². The molecule has 0 aliphatic rings. The third-order valence-electron chi connectivity index (χ3n) is 2.92. The molecule has 2 N–H and O–H groups in total. The maximum atomic E-state index is 4.19. The van der Waals surface area contributed by atoms with E-state index in [1.54, 1.807) is 0 Å². The third-order valence-corrected chi connectivity index (χ3v) is 3.42. The smallest absolute Gasteiger partial charge is 0.0643 e. The molecule has 0 unspecified atom stereocenters. The number of hydrogen-bond donors (Lipinski definition) is 2. The van der Waals surface area contributed by atoms with Crippen molar-refractivity contribution in [3.05, 3.63) is 45.2 Å². The van der Waals surface area contributed by atoms with Gasteiger partial charge in [-0.1, -0.05) is 15.9 Å². The molecule has 17 heavy (non-hydrogen) atoms. The molecule has 90 valence electrons. The number of aryl methyl sites for hydroxylation is 3. The molecule has 0 atom stereocenters. The van der Waals surface area contributed by atoms with Crippen LogP contribution in [0.3, 0.4) is 0 Å². The Hall–Kier alpha value is -1.29. The summed E-state index contributed by atoms with van der Waals surface area (Å²) in [5.74, 6) is 0. The van der Waals surface area contributed by atoms with Crippen LogP contribution in [0.2, 0.25) is 0 Å². The largest absolute Gasteiger partial charge is 0.381 e. The van der Waals surface area contributed by atoms with E-state index in [0.29, 0.717) is 0 Å². The molecular weight excluding hydrogens is 278 g/mol. The normalized spacial score (nSPS) is 10.6. The first-order chi connectivity index (χ1) is 8.08. The number of rotatable bonds is 3. The Balaban J connectivity index is 2.13. The second-order valence-corrected chi connectivity index (χ2v) is 5.14. The number of H-pyrrole nitrogens is 1. The van der Waals surface area contributed by atoms with Crippen molar-refractivity contribution in [1.29, 1.82) is 0 Å². The summed E-state index contributed by atoms with van der Waals surface area (Å²) in [4.78, 5) is 0. The fourth-order valence-corrected chi connectivity index (χ4v) is 2.32. The summed E-state index contributed by atoms with van der Waals surface area (Å²) in [6.07, 6.45) is 0. The van der Waals surface area contributed by atoms with Gasteiger partial charge in [0.05, 0.1) is 5.69 Å². The topological polar surface area (TPSA) is 40.7 Å². The lowest BCUT2D eigenvalue weighted by molar-refractivity contribution is 1.02. The van der Waals surface area contributed by atoms with Gasteiger partial charge in [0.25, 0.3) is 0 Å². The molecule has 0 radical (unpaired) electrons. The lowest BCUT2D eigenvalue weighted by Gasteiger charge is -2.10. The fraction of sp³-hybridized carbons (Fsp3) is 0.308. The Morgan fingerprint density at radius 3 is 2.65 bits per heavy atom. The molecule has 0 amide bonds. The van der Waals surface area contributed by atoms with E-state index in [4.69, 9.17) is 0 Å². The van der Waals surface area contributed by atoms with Crippen LogP contribution in [0.25, 0.3) is 0 Å². The maximum Gasteiger partial charge on any atom is 0.0643 e. The van der Waals surface area contributed by atoms with Crippen LogP contribution in [0.4, 0.5) is 5.69 Å². The van der Waals surface area contributed by atoms with E-state index in [9.17, 15) is 0 Å². The van der Waals surface area contributed by atoms with Crippen molar-refractivity contribution < 1.29 is 0 Å². The second kappa shape index (κ2) is 4.92. The number of aromatic amines is 1. The molecule has 0 bridgehead atoms. The number of aromatic nitrogens is 2. The van der Waals surface area contributed by atoms with Crippen LogP contribution >= 0.6 is 15.9 Å². The van der Waals surface area contributed by atoms with Crippen molar-refractivity contribution in [1.82, 2.24) is 10.2 Å². The van der Waals surface area contributed by atoms with Gasteiger partial charge in [-0.3, -0.25) is 5.10 Å². The predicted octanol–water partition coefficient (Wildman–Crippen LogP) is 3.71. The van der Waals surface area contributed by atoms with Crippen molar-refractivity contribution >= 4 is 21.6 Å². The van der Waals surface area contributed by atoms with E-state index in [1.165, 1.54) is 11.1 Å². The minimum Gasteiger partial charge on any atom is -0.381 e. The molecule has 4 heteroatoms. The van der Waals surface area contributed by atoms with Crippen molar-refractivity contribution in [2.45, 2.75) is 27.3 Å².